The Morgan fingerprint density at radius 1 is 1.25 bits per heavy atom. The third kappa shape index (κ3) is 6.38. The SMILES string of the molecule is CC(C)(C)NC=CC(=O)c1cccc(NS(C)(=O)=O)c1. The first kappa shape index (κ1) is 16.2. The highest BCUT2D eigenvalue weighted by Gasteiger charge is 2.08. The van der Waals surface area contributed by atoms with Crippen LogP contribution in [0.15, 0.2) is 36.5 Å². The number of allylic oxidation sites excluding steroid dienone is 1. The number of carbonyl (C=O) groups excluding carboxylic acids is 1. The minimum Gasteiger partial charge on any atom is -0.386 e. The van der Waals surface area contributed by atoms with E-state index in [1.165, 1.54) is 12.1 Å². The van der Waals surface area contributed by atoms with Crippen LogP contribution in [0.2, 0.25) is 0 Å². The smallest absolute Gasteiger partial charge is 0.229 e. The molecule has 0 bridgehead atoms. The molecule has 0 saturated heterocycles. The summed E-state index contributed by atoms with van der Waals surface area (Å²) in [5.74, 6) is -0.195. The Balaban J connectivity index is 2.82. The van der Waals surface area contributed by atoms with Gasteiger partial charge in [-0.2, -0.15) is 0 Å². The van der Waals surface area contributed by atoms with E-state index in [0.717, 1.165) is 6.26 Å². The molecule has 0 radical (unpaired) electrons. The molecule has 0 aliphatic carbocycles. The molecule has 0 amide bonds. The normalized spacial score (nSPS) is 12.4. The molecule has 0 heterocycles. The van der Waals surface area contributed by atoms with E-state index >= 15 is 0 Å². The zero-order valence-corrected chi connectivity index (χ0v) is 12.9. The Bertz CT molecular complexity index is 614. The van der Waals surface area contributed by atoms with Gasteiger partial charge in [-0.1, -0.05) is 12.1 Å². The molecule has 0 spiro atoms. The summed E-state index contributed by atoms with van der Waals surface area (Å²) in [7, 11) is -3.35. The van der Waals surface area contributed by atoms with Crippen LogP contribution in [-0.4, -0.2) is 26.0 Å². The van der Waals surface area contributed by atoms with Crippen LogP contribution in [0.1, 0.15) is 31.1 Å². The minimum atomic E-state index is -3.35. The first-order valence-corrected chi connectivity index (χ1v) is 8.02. The maximum Gasteiger partial charge on any atom is 0.229 e. The van der Waals surface area contributed by atoms with Crippen molar-refractivity contribution in [3.05, 3.63) is 42.1 Å². The second kappa shape index (κ2) is 6.09. The number of ketones is 1. The zero-order valence-electron chi connectivity index (χ0n) is 12.1. The van der Waals surface area contributed by atoms with E-state index < -0.39 is 10.0 Å². The number of benzene rings is 1. The van der Waals surface area contributed by atoms with Crippen LogP contribution in [0.4, 0.5) is 5.69 Å². The molecule has 0 aromatic heterocycles. The second-order valence-electron chi connectivity index (χ2n) is 5.55. The summed E-state index contributed by atoms with van der Waals surface area (Å²) >= 11 is 0. The second-order valence-corrected chi connectivity index (χ2v) is 7.30. The predicted molar refractivity (Wildman–Crippen MR) is 81.3 cm³/mol. The maximum absolute atomic E-state index is 11.9. The monoisotopic (exact) mass is 296 g/mol. The molecule has 2 N–H and O–H groups in total. The van der Waals surface area contributed by atoms with E-state index in [1.807, 2.05) is 20.8 Å². The molecule has 6 heteroatoms. The summed E-state index contributed by atoms with van der Waals surface area (Å²) in [6.07, 6.45) is 4.08. The summed E-state index contributed by atoms with van der Waals surface area (Å²) in [6.45, 7) is 5.95. The van der Waals surface area contributed by atoms with Gasteiger partial charge in [0.1, 0.15) is 0 Å². The van der Waals surface area contributed by atoms with Crippen LogP contribution in [-0.2, 0) is 10.0 Å². The quantitative estimate of drug-likeness (QED) is 0.645. The van der Waals surface area contributed by atoms with Crippen molar-refractivity contribution in [3.63, 3.8) is 0 Å². The molecule has 1 aromatic rings. The van der Waals surface area contributed by atoms with Crippen molar-refractivity contribution in [2.75, 3.05) is 11.0 Å². The topological polar surface area (TPSA) is 75.3 Å². The Morgan fingerprint density at radius 3 is 2.45 bits per heavy atom. The standard InChI is InChI=1S/C14H20N2O3S/c1-14(2,3)15-9-8-13(17)11-6-5-7-12(10-11)16-20(4,18)19/h5-10,15-16H,1-4H3. The van der Waals surface area contributed by atoms with Crippen LogP contribution in [0.5, 0.6) is 0 Å². The summed E-state index contributed by atoms with van der Waals surface area (Å²) in [4.78, 5) is 11.9. The van der Waals surface area contributed by atoms with Gasteiger partial charge in [0.15, 0.2) is 5.78 Å². The van der Waals surface area contributed by atoms with E-state index in [0.29, 0.717) is 11.3 Å². The fourth-order valence-corrected chi connectivity index (χ4v) is 1.97. The minimum absolute atomic E-state index is 0.115. The van der Waals surface area contributed by atoms with Gasteiger partial charge in [-0.3, -0.25) is 9.52 Å². The van der Waals surface area contributed by atoms with E-state index in [1.54, 1.807) is 24.4 Å². The number of nitrogens with one attached hydrogen (secondary N) is 2. The van der Waals surface area contributed by atoms with Crippen molar-refractivity contribution in [2.45, 2.75) is 26.3 Å². The lowest BCUT2D eigenvalue weighted by molar-refractivity contribution is 0.104. The summed E-state index contributed by atoms with van der Waals surface area (Å²) in [5.41, 5.74) is 0.678. The number of carbonyl (C=O) groups is 1. The molecule has 1 aromatic carbocycles. The van der Waals surface area contributed by atoms with Gasteiger partial charge in [-0.25, -0.2) is 8.42 Å². The zero-order chi connectivity index (χ0) is 15.4. The number of hydrogen-bond acceptors (Lipinski definition) is 4. The van der Waals surface area contributed by atoms with Crippen molar-refractivity contribution in [1.29, 1.82) is 0 Å². The van der Waals surface area contributed by atoms with Gasteiger partial charge in [-0.05, 0) is 32.9 Å². The molecular formula is C14H20N2O3S. The van der Waals surface area contributed by atoms with Gasteiger partial charge >= 0.3 is 0 Å². The summed E-state index contributed by atoms with van der Waals surface area (Å²) < 4.78 is 24.6. The number of hydrogen-bond donors (Lipinski definition) is 2. The lowest BCUT2D eigenvalue weighted by Gasteiger charge is -2.18. The van der Waals surface area contributed by atoms with Crippen molar-refractivity contribution in [2.24, 2.45) is 0 Å². The van der Waals surface area contributed by atoms with Crippen molar-refractivity contribution in [3.8, 4) is 0 Å². The highest BCUT2D eigenvalue weighted by Crippen LogP contribution is 2.13. The number of sulfonamides is 1. The van der Waals surface area contributed by atoms with E-state index in [9.17, 15) is 13.2 Å². The lowest BCUT2D eigenvalue weighted by atomic mass is 10.1. The first-order chi connectivity index (χ1) is 9.07. The number of anilines is 1. The molecule has 0 aliphatic rings. The van der Waals surface area contributed by atoms with Gasteiger partial charge in [0.25, 0.3) is 0 Å². The van der Waals surface area contributed by atoms with Crippen LogP contribution < -0.4 is 10.0 Å². The first-order valence-electron chi connectivity index (χ1n) is 6.13. The van der Waals surface area contributed by atoms with E-state index in [-0.39, 0.29) is 11.3 Å². The molecule has 0 atom stereocenters. The fourth-order valence-electron chi connectivity index (χ4n) is 1.41. The van der Waals surface area contributed by atoms with Crippen LogP contribution >= 0.6 is 0 Å². The molecule has 20 heavy (non-hydrogen) atoms. The van der Waals surface area contributed by atoms with Crippen LogP contribution in [0, 0.1) is 0 Å². The Hall–Kier alpha value is -1.82. The Morgan fingerprint density at radius 2 is 1.90 bits per heavy atom. The third-order valence-corrected chi connectivity index (χ3v) is 2.81. The molecule has 5 nitrogen and oxygen atoms in total. The molecule has 1 rings (SSSR count). The molecule has 110 valence electrons. The lowest BCUT2D eigenvalue weighted by Crippen LogP contribution is -2.31. The van der Waals surface area contributed by atoms with Gasteiger partial charge in [0, 0.05) is 29.1 Å². The van der Waals surface area contributed by atoms with Crippen molar-refractivity contribution >= 4 is 21.5 Å². The summed E-state index contributed by atoms with van der Waals surface area (Å²) in [6, 6.07) is 6.36. The van der Waals surface area contributed by atoms with E-state index in [4.69, 9.17) is 0 Å². The van der Waals surface area contributed by atoms with Gasteiger partial charge < -0.3 is 5.32 Å². The van der Waals surface area contributed by atoms with Gasteiger partial charge in [0.2, 0.25) is 10.0 Å². The number of rotatable bonds is 5. The van der Waals surface area contributed by atoms with Crippen molar-refractivity contribution < 1.29 is 13.2 Å². The summed E-state index contributed by atoms with van der Waals surface area (Å²) in [5, 5.41) is 3.06. The van der Waals surface area contributed by atoms with Gasteiger partial charge in [0.05, 0.1) is 6.26 Å². The highest BCUT2D eigenvalue weighted by molar-refractivity contribution is 7.92. The predicted octanol–water partition coefficient (Wildman–Crippen LogP) is 2.14. The van der Waals surface area contributed by atoms with Gasteiger partial charge in [-0.15, -0.1) is 0 Å². The average Bonchev–Trinajstić information content (AvgIpc) is 2.25. The molecule has 0 saturated carbocycles. The highest BCUT2D eigenvalue weighted by atomic mass is 32.2. The molecule has 0 aliphatic heterocycles. The average molecular weight is 296 g/mol. The maximum atomic E-state index is 11.9. The largest absolute Gasteiger partial charge is 0.386 e. The molecular weight excluding hydrogens is 276 g/mol. The van der Waals surface area contributed by atoms with Crippen LogP contribution in [0.3, 0.4) is 0 Å². The van der Waals surface area contributed by atoms with Crippen molar-refractivity contribution in [1.82, 2.24) is 5.32 Å². The fraction of sp³-hybridized carbons (Fsp3) is 0.357. The molecule has 0 unspecified atom stereocenters. The van der Waals surface area contributed by atoms with Crippen LogP contribution in [0.25, 0.3) is 0 Å². The Kier molecular flexibility index (Phi) is 4.94. The Labute approximate surface area is 120 Å². The molecule has 0 fully saturated rings. The third-order valence-electron chi connectivity index (χ3n) is 2.20. The van der Waals surface area contributed by atoms with E-state index in [2.05, 4.69) is 10.0 Å².